The maximum absolute atomic E-state index is 11.2. The Balaban J connectivity index is 0.000000345. The van der Waals surface area contributed by atoms with Crippen molar-refractivity contribution in [2.24, 2.45) is 11.8 Å². The number of alkyl halides is 3. The number of piperidine rings is 1. The van der Waals surface area contributed by atoms with Crippen molar-refractivity contribution >= 4 is 27.3 Å². The molecule has 1 aromatic rings. The van der Waals surface area contributed by atoms with Gasteiger partial charge in [-0.1, -0.05) is 6.07 Å². The number of likely N-dealkylation sites (tertiary alicyclic amines) is 1. The third-order valence-electron chi connectivity index (χ3n) is 4.63. The lowest BCUT2D eigenvalue weighted by Gasteiger charge is -2.35. The zero-order chi connectivity index (χ0) is 20.9. The van der Waals surface area contributed by atoms with Crippen LogP contribution in [0.1, 0.15) is 11.3 Å². The van der Waals surface area contributed by atoms with E-state index in [0.717, 1.165) is 32.7 Å². The van der Waals surface area contributed by atoms with Gasteiger partial charge in [0.1, 0.15) is 0 Å². The first kappa shape index (κ1) is 23.1. The maximum Gasteiger partial charge on any atom is 0.490 e. The lowest BCUT2D eigenvalue weighted by atomic mass is 9.84. The molecule has 3 rings (SSSR count). The molecule has 7 nitrogen and oxygen atoms in total. The molecule has 1 aromatic heterocycles. The molecule has 0 amide bonds. The van der Waals surface area contributed by atoms with Crippen LogP contribution in [0.5, 0.6) is 0 Å². The second-order valence-electron chi connectivity index (χ2n) is 6.82. The van der Waals surface area contributed by atoms with Gasteiger partial charge < -0.3 is 9.84 Å². The van der Waals surface area contributed by atoms with Gasteiger partial charge in [-0.15, -0.1) is 11.3 Å². The van der Waals surface area contributed by atoms with Gasteiger partial charge in [0.05, 0.1) is 19.0 Å². The van der Waals surface area contributed by atoms with E-state index in [-0.39, 0.29) is 6.10 Å². The average molecular weight is 444 g/mol. The van der Waals surface area contributed by atoms with Gasteiger partial charge in [0.2, 0.25) is 10.0 Å². The predicted molar refractivity (Wildman–Crippen MR) is 97.5 cm³/mol. The number of carboxylic acids is 1. The molecule has 2 fully saturated rings. The SMILES string of the molecule is CS(=O)(=O)NC[C@H]1OC[C@@H]2CN(Cc3cccs3)CC[C@@H]21.O=C(O)C(F)(F)F. The van der Waals surface area contributed by atoms with Crippen LogP contribution in [0.3, 0.4) is 0 Å². The van der Waals surface area contributed by atoms with Gasteiger partial charge in [0.15, 0.2) is 0 Å². The monoisotopic (exact) mass is 444 g/mol. The highest BCUT2D eigenvalue weighted by Gasteiger charge is 2.41. The zero-order valence-electron chi connectivity index (χ0n) is 15.2. The highest BCUT2D eigenvalue weighted by Crippen LogP contribution is 2.34. The van der Waals surface area contributed by atoms with E-state index < -0.39 is 22.2 Å². The van der Waals surface area contributed by atoms with Crippen LogP contribution < -0.4 is 4.72 Å². The molecule has 160 valence electrons. The fourth-order valence-corrected chi connectivity index (χ4v) is 4.59. The maximum atomic E-state index is 11.2. The number of sulfonamides is 1. The molecule has 2 N–H and O–H groups in total. The zero-order valence-corrected chi connectivity index (χ0v) is 16.8. The minimum absolute atomic E-state index is 0.0358. The lowest BCUT2D eigenvalue weighted by Crippen LogP contribution is -2.43. The van der Waals surface area contributed by atoms with E-state index in [9.17, 15) is 21.6 Å². The number of rotatable bonds is 5. The number of ether oxygens (including phenoxy) is 1. The largest absolute Gasteiger partial charge is 0.490 e. The van der Waals surface area contributed by atoms with Crippen molar-refractivity contribution in [1.82, 2.24) is 9.62 Å². The number of carbonyl (C=O) groups is 1. The number of hydrogen-bond acceptors (Lipinski definition) is 6. The first-order valence-corrected chi connectivity index (χ1v) is 11.3. The van der Waals surface area contributed by atoms with Crippen molar-refractivity contribution in [2.75, 3.05) is 32.5 Å². The molecule has 0 aromatic carbocycles. The summed E-state index contributed by atoms with van der Waals surface area (Å²) < 4.78 is 62.6. The number of carboxylic acid groups (broad SMARTS) is 1. The van der Waals surface area contributed by atoms with E-state index in [1.807, 2.05) is 0 Å². The number of nitrogens with zero attached hydrogens (tertiary/aromatic N) is 1. The van der Waals surface area contributed by atoms with Crippen LogP contribution in [0, 0.1) is 11.8 Å². The van der Waals surface area contributed by atoms with E-state index >= 15 is 0 Å². The second kappa shape index (κ2) is 9.53. The lowest BCUT2D eigenvalue weighted by molar-refractivity contribution is -0.192. The molecule has 0 bridgehead atoms. The van der Waals surface area contributed by atoms with Crippen LogP contribution in [-0.2, 0) is 26.1 Å². The van der Waals surface area contributed by atoms with E-state index in [2.05, 4.69) is 27.1 Å². The fourth-order valence-electron chi connectivity index (χ4n) is 3.37. The van der Waals surface area contributed by atoms with Crippen molar-refractivity contribution < 1.29 is 36.2 Å². The quantitative estimate of drug-likeness (QED) is 0.719. The Morgan fingerprint density at radius 2 is 2.14 bits per heavy atom. The summed E-state index contributed by atoms with van der Waals surface area (Å²) in [5.74, 6) is -1.74. The molecule has 0 saturated carbocycles. The molecule has 3 atom stereocenters. The van der Waals surface area contributed by atoms with E-state index in [4.69, 9.17) is 14.6 Å². The minimum Gasteiger partial charge on any atom is -0.475 e. The topological polar surface area (TPSA) is 95.9 Å². The van der Waals surface area contributed by atoms with Crippen molar-refractivity contribution in [3.05, 3.63) is 22.4 Å². The summed E-state index contributed by atoms with van der Waals surface area (Å²) in [4.78, 5) is 12.8. The summed E-state index contributed by atoms with van der Waals surface area (Å²) in [6.07, 6.45) is -2.76. The molecule has 3 heterocycles. The Bertz CT molecular complexity index is 740. The molecule has 28 heavy (non-hydrogen) atoms. The second-order valence-corrected chi connectivity index (χ2v) is 9.69. The van der Waals surface area contributed by atoms with Gasteiger partial charge in [0, 0.05) is 30.4 Å². The summed E-state index contributed by atoms with van der Waals surface area (Å²) in [5.41, 5.74) is 0. The van der Waals surface area contributed by atoms with E-state index in [1.54, 1.807) is 11.3 Å². The molecular weight excluding hydrogens is 421 g/mol. The number of halogens is 3. The van der Waals surface area contributed by atoms with Crippen LogP contribution in [0.4, 0.5) is 13.2 Å². The summed E-state index contributed by atoms with van der Waals surface area (Å²) in [6, 6.07) is 4.28. The molecule has 2 aliphatic heterocycles. The van der Waals surface area contributed by atoms with E-state index in [0.29, 0.717) is 18.4 Å². The number of fused-ring (bicyclic) bond motifs is 1. The first-order chi connectivity index (χ1) is 13.0. The predicted octanol–water partition coefficient (Wildman–Crippen LogP) is 1.77. The van der Waals surface area contributed by atoms with Gasteiger partial charge in [-0.05, 0) is 30.3 Å². The van der Waals surface area contributed by atoms with Gasteiger partial charge >= 0.3 is 12.1 Å². The number of aliphatic carboxylic acids is 1. The standard InChI is InChI=1S/C14H22N2O3S2.C2HF3O2/c1-21(17,18)15-7-14-13-4-5-16(8-11(13)10-19-14)9-12-3-2-6-20-12;3-2(4,5)1(6)7/h2-3,6,11,13-15H,4-5,7-10H2,1H3;(H,6,7)/t11-,13-,14+;/m0./s1. The Morgan fingerprint density at radius 1 is 1.46 bits per heavy atom. The molecule has 2 aliphatic rings. The van der Waals surface area contributed by atoms with Crippen molar-refractivity contribution in [3.8, 4) is 0 Å². The number of thiophene rings is 1. The molecular formula is C16H23F3N2O5S2. The summed E-state index contributed by atoms with van der Waals surface area (Å²) in [7, 11) is -3.13. The van der Waals surface area contributed by atoms with Gasteiger partial charge in [-0.2, -0.15) is 13.2 Å². The van der Waals surface area contributed by atoms with Crippen molar-refractivity contribution in [2.45, 2.75) is 25.2 Å². The van der Waals surface area contributed by atoms with Gasteiger partial charge in [-0.25, -0.2) is 17.9 Å². The van der Waals surface area contributed by atoms with Crippen LogP contribution in [0.15, 0.2) is 17.5 Å². The summed E-state index contributed by atoms with van der Waals surface area (Å²) >= 11 is 1.80. The Hall–Kier alpha value is -1.21. The Labute approximate surface area is 165 Å². The molecule has 0 radical (unpaired) electrons. The van der Waals surface area contributed by atoms with Crippen molar-refractivity contribution in [1.29, 1.82) is 0 Å². The average Bonchev–Trinajstić information content (AvgIpc) is 3.21. The molecule has 12 heteroatoms. The third-order valence-corrected chi connectivity index (χ3v) is 6.18. The number of hydrogen-bond donors (Lipinski definition) is 2. The Morgan fingerprint density at radius 3 is 2.68 bits per heavy atom. The highest BCUT2D eigenvalue weighted by atomic mass is 32.2. The van der Waals surface area contributed by atoms with Crippen LogP contribution in [0.25, 0.3) is 0 Å². The molecule has 0 spiro atoms. The van der Waals surface area contributed by atoms with Crippen molar-refractivity contribution in [3.63, 3.8) is 0 Å². The van der Waals surface area contributed by atoms with Crippen LogP contribution >= 0.6 is 11.3 Å². The van der Waals surface area contributed by atoms with Crippen LogP contribution in [0.2, 0.25) is 0 Å². The minimum atomic E-state index is -5.08. The number of nitrogens with one attached hydrogen (secondary N) is 1. The smallest absolute Gasteiger partial charge is 0.475 e. The van der Waals surface area contributed by atoms with Gasteiger partial charge in [0.25, 0.3) is 0 Å². The fraction of sp³-hybridized carbons (Fsp3) is 0.688. The molecule has 0 aliphatic carbocycles. The summed E-state index contributed by atoms with van der Waals surface area (Å²) in [5, 5.41) is 9.24. The molecule has 2 saturated heterocycles. The normalized spacial score (nSPS) is 25.6. The first-order valence-electron chi connectivity index (χ1n) is 8.57. The Kier molecular flexibility index (Phi) is 7.85. The summed E-state index contributed by atoms with van der Waals surface area (Å²) in [6.45, 7) is 4.30. The van der Waals surface area contributed by atoms with E-state index in [1.165, 1.54) is 11.1 Å². The third kappa shape index (κ3) is 7.32. The van der Waals surface area contributed by atoms with Crippen LogP contribution in [-0.4, -0.2) is 69.2 Å². The molecule has 0 unspecified atom stereocenters. The van der Waals surface area contributed by atoms with Gasteiger partial charge in [-0.3, -0.25) is 4.90 Å². The highest BCUT2D eigenvalue weighted by molar-refractivity contribution is 7.88.